The highest BCUT2D eigenvalue weighted by atomic mass is 16.5. The maximum atomic E-state index is 12.9. The fraction of sp³-hybridized carbons (Fsp3) is 0.238. The normalized spacial score (nSPS) is 11.4. The second kappa shape index (κ2) is 6.55. The van der Waals surface area contributed by atoms with Crippen LogP contribution in [0.2, 0.25) is 0 Å². The molecule has 0 radical (unpaired) electrons. The van der Waals surface area contributed by atoms with Crippen LogP contribution in [-0.4, -0.2) is 18.0 Å². The molecule has 2 aromatic carbocycles. The van der Waals surface area contributed by atoms with Gasteiger partial charge in [-0.15, -0.1) is 0 Å². The summed E-state index contributed by atoms with van der Waals surface area (Å²) >= 11 is 0. The highest BCUT2D eigenvalue weighted by Crippen LogP contribution is 2.32. The first kappa shape index (κ1) is 17.0. The topological polar surface area (TPSA) is 51.2 Å². The van der Waals surface area contributed by atoms with E-state index in [0.29, 0.717) is 17.0 Å². The van der Waals surface area contributed by atoms with Crippen molar-refractivity contribution in [1.82, 2.24) is 4.98 Å². The van der Waals surface area contributed by atoms with Crippen LogP contribution in [0.4, 0.5) is 5.69 Å². The van der Waals surface area contributed by atoms with Crippen LogP contribution in [0, 0.1) is 0 Å². The zero-order valence-electron chi connectivity index (χ0n) is 15.0. The number of aromatic nitrogens is 1. The summed E-state index contributed by atoms with van der Waals surface area (Å²) in [5.41, 5.74) is 3.16. The van der Waals surface area contributed by atoms with Crippen LogP contribution in [-0.2, 0) is 5.41 Å². The van der Waals surface area contributed by atoms with Gasteiger partial charge >= 0.3 is 0 Å². The number of hydrogen-bond acceptors (Lipinski definition) is 3. The molecule has 0 spiro atoms. The molecule has 0 aliphatic heterocycles. The smallest absolute Gasteiger partial charge is 0.256 e. The van der Waals surface area contributed by atoms with Crippen LogP contribution in [0.15, 0.2) is 54.7 Å². The predicted octanol–water partition coefficient (Wildman–Crippen LogP) is 4.79. The minimum Gasteiger partial charge on any atom is -0.495 e. The van der Waals surface area contributed by atoms with Gasteiger partial charge in [0.1, 0.15) is 5.75 Å². The Morgan fingerprint density at radius 3 is 2.60 bits per heavy atom. The zero-order chi connectivity index (χ0) is 18.0. The quantitative estimate of drug-likeness (QED) is 0.749. The molecule has 4 heteroatoms. The second-order valence-corrected chi connectivity index (χ2v) is 6.99. The van der Waals surface area contributed by atoms with Crippen molar-refractivity contribution in [3.63, 3.8) is 0 Å². The number of carbonyl (C=O) groups is 1. The van der Waals surface area contributed by atoms with Crippen LogP contribution in [0.5, 0.6) is 5.75 Å². The lowest BCUT2D eigenvalue weighted by Gasteiger charge is -2.21. The molecule has 1 N–H and O–H groups in total. The summed E-state index contributed by atoms with van der Waals surface area (Å²) < 4.78 is 5.41. The van der Waals surface area contributed by atoms with Gasteiger partial charge in [0.15, 0.2) is 0 Å². The molecule has 0 fully saturated rings. The molecule has 25 heavy (non-hydrogen) atoms. The molecule has 1 aromatic heterocycles. The molecule has 0 saturated heterocycles. The van der Waals surface area contributed by atoms with Gasteiger partial charge in [-0.2, -0.15) is 0 Å². The van der Waals surface area contributed by atoms with E-state index in [2.05, 4.69) is 31.1 Å². The molecule has 1 heterocycles. The van der Waals surface area contributed by atoms with Crippen molar-refractivity contribution in [1.29, 1.82) is 0 Å². The number of hydrogen-bond donors (Lipinski definition) is 1. The van der Waals surface area contributed by atoms with E-state index in [-0.39, 0.29) is 11.3 Å². The summed E-state index contributed by atoms with van der Waals surface area (Å²) in [5.74, 6) is 0.461. The molecule has 0 aliphatic rings. The molecular weight excluding hydrogens is 312 g/mol. The molecule has 0 aliphatic carbocycles. The SMILES string of the molecule is COc1ccc(C(C)(C)C)cc1NC(=O)c1cccc2ncccc12. The number of benzene rings is 2. The van der Waals surface area contributed by atoms with E-state index in [9.17, 15) is 4.79 Å². The third kappa shape index (κ3) is 3.48. The van der Waals surface area contributed by atoms with E-state index in [4.69, 9.17) is 4.74 Å². The van der Waals surface area contributed by atoms with Gasteiger partial charge in [-0.25, -0.2) is 0 Å². The maximum Gasteiger partial charge on any atom is 0.256 e. The third-order valence-corrected chi connectivity index (χ3v) is 4.20. The van der Waals surface area contributed by atoms with Crippen molar-refractivity contribution >= 4 is 22.5 Å². The van der Waals surface area contributed by atoms with Gasteiger partial charge in [-0.1, -0.05) is 39.0 Å². The Morgan fingerprint density at radius 1 is 1.08 bits per heavy atom. The maximum absolute atomic E-state index is 12.9. The fourth-order valence-electron chi connectivity index (χ4n) is 2.76. The molecule has 3 rings (SSSR count). The molecule has 0 atom stereocenters. The summed E-state index contributed by atoms with van der Waals surface area (Å²) in [6, 6.07) is 15.2. The predicted molar refractivity (Wildman–Crippen MR) is 101 cm³/mol. The van der Waals surface area contributed by atoms with Gasteiger partial charge in [0.05, 0.1) is 18.3 Å². The number of amides is 1. The van der Waals surface area contributed by atoms with Gasteiger partial charge in [0.25, 0.3) is 5.91 Å². The molecule has 4 nitrogen and oxygen atoms in total. The van der Waals surface area contributed by atoms with Gasteiger partial charge in [0.2, 0.25) is 0 Å². The lowest BCUT2D eigenvalue weighted by atomic mass is 9.87. The Labute approximate surface area is 147 Å². The molecular formula is C21H22N2O2. The molecule has 0 bridgehead atoms. The lowest BCUT2D eigenvalue weighted by Crippen LogP contribution is -2.16. The molecule has 1 amide bonds. The Morgan fingerprint density at radius 2 is 1.88 bits per heavy atom. The first-order valence-electron chi connectivity index (χ1n) is 8.24. The molecule has 0 saturated carbocycles. The van der Waals surface area contributed by atoms with Crippen LogP contribution < -0.4 is 10.1 Å². The minimum atomic E-state index is -0.178. The fourth-order valence-corrected chi connectivity index (χ4v) is 2.76. The number of carbonyl (C=O) groups excluding carboxylic acids is 1. The summed E-state index contributed by atoms with van der Waals surface area (Å²) in [6.07, 6.45) is 1.72. The van der Waals surface area contributed by atoms with E-state index >= 15 is 0 Å². The van der Waals surface area contributed by atoms with Crippen molar-refractivity contribution in [3.8, 4) is 5.75 Å². The summed E-state index contributed by atoms with van der Waals surface area (Å²) in [5, 5.41) is 3.82. The van der Waals surface area contributed by atoms with Crippen molar-refractivity contribution in [3.05, 3.63) is 65.9 Å². The monoisotopic (exact) mass is 334 g/mol. The highest BCUT2D eigenvalue weighted by Gasteiger charge is 2.18. The van der Waals surface area contributed by atoms with Crippen LogP contribution >= 0.6 is 0 Å². The average molecular weight is 334 g/mol. The number of ether oxygens (including phenoxy) is 1. The van der Waals surface area contributed by atoms with E-state index < -0.39 is 0 Å². The first-order valence-corrected chi connectivity index (χ1v) is 8.24. The zero-order valence-corrected chi connectivity index (χ0v) is 15.0. The number of methoxy groups -OCH3 is 1. The number of rotatable bonds is 3. The molecule has 3 aromatic rings. The van der Waals surface area contributed by atoms with E-state index in [0.717, 1.165) is 16.5 Å². The second-order valence-electron chi connectivity index (χ2n) is 6.99. The highest BCUT2D eigenvalue weighted by molar-refractivity contribution is 6.12. The van der Waals surface area contributed by atoms with E-state index in [1.54, 1.807) is 19.4 Å². The van der Waals surface area contributed by atoms with Gasteiger partial charge in [-0.3, -0.25) is 9.78 Å². The lowest BCUT2D eigenvalue weighted by molar-refractivity contribution is 0.102. The Kier molecular flexibility index (Phi) is 4.45. The summed E-state index contributed by atoms with van der Waals surface area (Å²) in [7, 11) is 1.60. The van der Waals surface area contributed by atoms with Crippen molar-refractivity contribution in [2.24, 2.45) is 0 Å². The van der Waals surface area contributed by atoms with Crippen molar-refractivity contribution in [2.45, 2.75) is 26.2 Å². The first-order chi connectivity index (χ1) is 11.9. The summed E-state index contributed by atoms with van der Waals surface area (Å²) in [4.78, 5) is 17.2. The molecule has 0 unspecified atom stereocenters. The number of pyridine rings is 1. The number of nitrogens with one attached hydrogen (secondary N) is 1. The Balaban J connectivity index is 2.00. The van der Waals surface area contributed by atoms with E-state index in [1.807, 2.05) is 42.5 Å². The van der Waals surface area contributed by atoms with Crippen LogP contribution in [0.1, 0.15) is 36.7 Å². The van der Waals surface area contributed by atoms with Gasteiger partial charge < -0.3 is 10.1 Å². The largest absolute Gasteiger partial charge is 0.495 e. The molecule has 128 valence electrons. The van der Waals surface area contributed by atoms with Crippen molar-refractivity contribution < 1.29 is 9.53 Å². The Hall–Kier alpha value is -2.88. The minimum absolute atomic E-state index is 0.0187. The Bertz CT molecular complexity index is 921. The van der Waals surface area contributed by atoms with Crippen LogP contribution in [0.25, 0.3) is 10.9 Å². The average Bonchev–Trinajstić information content (AvgIpc) is 2.60. The van der Waals surface area contributed by atoms with E-state index in [1.165, 1.54) is 0 Å². The van der Waals surface area contributed by atoms with Crippen molar-refractivity contribution in [2.75, 3.05) is 12.4 Å². The number of anilines is 1. The summed E-state index contributed by atoms with van der Waals surface area (Å²) in [6.45, 7) is 6.41. The van der Waals surface area contributed by atoms with Gasteiger partial charge in [-0.05, 0) is 41.3 Å². The number of fused-ring (bicyclic) bond motifs is 1. The standard InChI is InChI=1S/C21H22N2O2/c1-21(2,3)14-10-11-19(25-4)18(13-14)23-20(24)16-7-5-9-17-15(16)8-6-12-22-17/h5-13H,1-4H3,(H,23,24). The van der Waals surface area contributed by atoms with Gasteiger partial charge in [0, 0.05) is 17.1 Å². The van der Waals surface area contributed by atoms with Crippen LogP contribution in [0.3, 0.4) is 0 Å². The number of nitrogens with zero attached hydrogens (tertiary/aromatic N) is 1. The third-order valence-electron chi connectivity index (χ3n) is 4.20.